The molecule has 68 heavy (non-hydrogen) atoms. The molecule has 324 valence electrons. The monoisotopic (exact) mass is 876 g/mol. The molecule has 3 aromatic heterocycles. The van der Waals surface area contributed by atoms with E-state index in [-0.39, 0.29) is 5.41 Å². The maximum Gasteiger partial charge on any atom is 0.227 e. The summed E-state index contributed by atoms with van der Waals surface area (Å²) in [5.41, 5.74) is 16.5. The summed E-state index contributed by atoms with van der Waals surface area (Å²) in [6, 6.07) is 65.8. The first-order valence-electron chi connectivity index (χ1n) is 23.3. The standard InChI is InChI=1S/C61H44N6O/c1-61(2)49-28-15-16-29-53(49)66(45-25-13-6-14-26-45)54-35-31-43(38-50(54)61)42-30-34-52-48(37-42)47-32-33-51-56(68-60(62-51)41-22-11-5-12-23-41)55(47)67(52)46-27-17-24-44(36-46)59-64-57(39-18-7-3-8-19-39)63-58(65-59)40-20-9-4-10-21-40/h3-5,7-13,15-38H,6,14H2,1-2H3. The second-order valence-electron chi connectivity index (χ2n) is 18.2. The molecular weight excluding hydrogens is 833 g/mol. The number of rotatable bonds is 7. The molecule has 0 spiro atoms. The van der Waals surface area contributed by atoms with Crippen molar-refractivity contribution >= 4 is 44.3 Å². The zero-order valence-electron chi connectivity index (χ0n) is 37.6. The van der Waals surface area contributed by atoms with Gasteiger partial charge < -0.3 is 13.9 Å². The van der Waals surface area contributed by atoms with E-state index in [4.69, 9.17) is 24.4 Å². The maximum atomic E-state index is 6.81. The van der Waals surface area contributed by atoms with E-state index in [1.807, 2.05) is 91.0 Å². The van der Waals surface area contributed by atoms with Crippen LogP contribution in [-0.4, -0.2) is 24.5 Å². The highest BCUT2D eigenvalue weighted by Gasteiger charge is 2.37. The number of para-hydroxylation sites is 1. The number of oxazole rings is 1. The number of anilines is 2. The summed E-state index contributed by atoms with van der Waals surface area (Å²) >= 11 is 0. The molecule has 8 aromatic carbocycles. The van der Waals surface area contributed by atoms with Crippen LogP contribution in [0.5, 0.6) is 0 Å². The molecule has 0 unspecified atom stereocenters. The highest BCUT2D eigenvalue weighted by Crippen LogP contribution is 2.52. The van der Waals surface area contributed by atoms with Crippen molar-refractivity contribution in [2.45, 2.75) is 32.1 Å². The van der Waals surface area contributed by atoms with Gasteiger partial charge >= 0.3 is 0 Å². The fourth-order valence-electron chi connectivity index (χ4n) is 10.3. The highest BCUT2D eigenvalue weighted by atomic mass is 16.3. The lowest BCUT2D eigenvalue weighted by atomic mass is 9.72. The largest absolute Gasteiger partial charge is 0.434 e. The van der Waals surface area contributed by atoms with Crippen LogP contribution in [0, 0.1) is 0 Å². The Morgan fingerprint density at radius 2 is 1.12 bits per heavy atom. The van der Waals surface area contributed by atoms with Gasteiger partial charge in [-0.05, 0) is 108 Å². The van der Waals surface area contributed by atoms with Gasteiger partial charge in [0.15, 0.2) is 23.1 Å². The third kappa shape index (κ3) is 6.49. The second kappa shape index (κ2) is 15.7. The summed E-state index contributed by atoms with van der Waals surface area (Å²) in [5, 5.41) is 2.18. The van der Waals surface area contributed by atoms with E-state index in [9.17, 15) is 0 Å². The lowest BCUT2D eigenvalue weighted by molar-refractivity contribution is 0.621. The van der Waals surface area contributed by atoms with Gasteiger partial charge in [-0.3, -0.25) is 0 Å². The number of fused-ring (bicyclic) bond motifs is 7. The van der Waals surface area contributed by atoms with E-state index in [1.165, 1.54) is 33.8 Å². The molecule has 7 heteroatoms. The van der Waals surface area contributed by atoms with Gasteiger partial charge in [0.05, 0.1) is 22.4 Å². The van der Waals surface area contributed by atoms with Gasteiger partial charge in [0.1, 0.15) is 5.52 Å². The second-order valence-corrected chi connectivity index (χ2v) is 18.2. The Morgan fingerprint density at radius 1 is 0.485 bits per heavy atom. The first-order valence-corrected chi connectivity index (χ1v) is 23.3. The molecule has 0 N–H and O–H groups in total. The Labute approximate surface area is 394 Å². The van der Waals surface area contributed by atoms with Crippen molar-refractivity contribution in [3.63, 3.8) is 0 Å². The first kappa shape index (κ1) is 39.7. The fourth-order valence-corrected chi connectivity index (χ4v) is 10.3. The van der Waals surface area contributed by atoms with Crippen molar-refractivity contribution in [3.8, 4) is 62.4 Å². The molecule has 0 radical (unpaired) electrons. The van der Waals surface area contributed by atoms with Gasteiger partial charge in [-0.1, -0.05) is 147 Å². The minimum atomic E-state index is -0.223. The molecule has 0 saturated carbocycles. The molecule has 2 aliphatic rings. The van der Waals surface area contributed by atoms with Crippen LogP contribution in [0.2, 0.25) is 0 Å². The van der Waals surface area contributed by atoms with Gasteiger partial charge in [-0.15, -0.1) is 0 Å². The van der Waals surface area contributed by atoms with Gasteiger partial charge in [-0.25, -0.2) is 19.9 Å². The van der Waals surface area contributed by atoms with Gasteiger partial charge in [-0.2, -0.15) is 0 Å². The molecule has 0 atom stereocenters. The first-order chi connectivity index (χ1) is 33.5. The van der Waals surface area contributed by atoms with Crippen molar-refractivity contribution in [3.05, 3.63) is 223 Å². The van der Waals surface area contributed by atoms with Crippen LogP contribution in [0.4, 0.5) is 11.4 Å². The summed E-state index contributed by atoms with van der Waals surface area (Å²) < 4.78 is 9.13. The topological polar surface area (TPSA) is 72.9 Å². The summed E-state index contributed by atoms with van der Waals surface area (Å²) in [6.07, 6.45) is 9.04. The molecule has 13 rings (SSSR count). The third-order valence-corrected chi connectivity index (χ3v) is 13.7. The number of allylic oxidation sites excluding steroid dienone is 3. The van der Waals surface area contributed by atoms with E-state index in [2.05, 4.69) is 139 Å². The Kier molecular flexibility index (Phi) is 9.18. The van der Waals surface area contributed by atoms with Crippen LogP contribution in [0.25, 0.3) is 95.3 Å². The summed E-state index contributed by atoms with van der Waals surface area (Å²) in [4.78, 5) is 22.6. The molecule has 0 saturated heterocycles. The van der Waals surface area contributed by atoms with Crippen LogP contribution in [0.15, 0.2) is 216 Å². The number of nitrogens with zero attached hydrogens (tertiary/aromatic N) is 6. The van der Waals surface area contributed by atoms with Gasteiger partial charge in [0.25, 0.3) is 0 Å². The SMILES string of the molecule is CC1(C)c2ccccc2N(C2=CCCC=C2)c2ccc(-c3ccc4c(c3)c3ccc5nc(-c6ccccc6)oc5c3n4-c3cccc(-c4nc(-c5ccccc5)nc(-c5ccccc5)n4)c3)cc21. The number of hydrogen-bond donors (Lipinski definition) is 0. The minimum absolute atomic E-state index is 0.223. The molecule has 4 heterocycles. The number of hydrogen-bond acceptors (Lipinski definition) is 6. The zero-order chi connectivity index (χ0) is 45.3. The van der Waals surface area contributed by atoms with Crippen LogP contribution >= 0.6 is 0 Å². The highest BCUT2D eigenvalue weighted by molar-refractivity contribution is 6.17. The van der Waals surface area contributed by atoms with Crippen LogP contribution < -0.4 is 4.90 Å². The summed E-state index contributed by atoms with van der Waals surface area (Å²) in [6.45, 7) is 4.71. The molecule has 0 amide bonds. The van der Waals surface area contributed by atoms with E-state index < -0.39 is 0 Å². The van der Waals surface area contributed by atoms with E-state index >= 15 is 0 Å². The van der Waals surface area contributed by atoms with Crippen molar-refractivity contribution in [1.29, 1.82) is 0 Å². The predicted octanol–water partition coefficient (Wildman–Crippen LogP) is 15.5. The van der Waals surface area contributed by atoms with Crippen molar-refractivity contribution < 1.29 is 4.42 Å². The molecule has 11 aromatic rings. The average molecular weight is 877 g/mol. The Hall–Kier alpha value is -8.68. The number of aromatic nitrogens is 5. The van der Waals surface area contributed by atoms with E-state index in [0.29, 0.717) is 23.4 Å². The van der Waals surface area contributed by atoms with Gasteiger partial charge in [0, 0.05) is 49.8 Å². The van der Waals surface area contributed by atoms with Crippen LogP contribution in [0.1, 0.15) is 37.8 Å². The third-order valence-electron chi connectivity index (χ3n) is 13.7. The normalized spacial score (nSPS) is 14.0. The van der Waals surface area contributed by atoms with E-state index in [0.717, 1.165) is 79.3 Å². The summed E-state index contributed by atoms with van der Waals surface area (Å²) in [7, 11) is 0. The van der Waals surface area contributed by atoms with Crippen molar-refractivity contribution in [1.82, 2.24) is 24.5 Å². The average Bonchev–Trinajstić information content (AvgIpc) is 3.99. The summed E-state index contributed by atoms with van der Waals surface area (Å²) in [5.74, 6) is 2.40. The molecule has 7 nitrogen and oxygen atoms in total. The molecule has 0 bridgehead atoms. The van der Waals surface area contributed by atoms with Gasteiger partial charge in [0.2, 0.25) is 5.89 Å². The Morgan fingerprint density at radius 3 is 1.84 bits per heavy atom. The minimum Gasteiger partial charge on any atom is -0.434 e. The Bertz CT molecular complexity index is 3770. The molecule has 1 aliphatic heterocycles. The maximum absolute atomic E-state index is 6.81. The van der Waals surface area contributed by atoms with Crippen molar-refractivity contribution in [2.75, 3.05) is 4.90 Å². The molecular formula is C61H44N6O. The molecule has 0 fully saturated rings. The zero-order valence-corrected chi connectivity index (χ0v) is 37.6. The Balaban J connectivity index is 1.00. The van der Waals surface area contributed by atoms with Crippen molar-refractivity contribution in [2.24, 2.45) is 0 Å². The van der Waals surface area contributed by atoms with E-state index in [1.54, 1.807) is 0 Å². The van der Waals surface area contributed by atoms with Crippen LogP contribution in [0.3, 0.4) is 0 Å². The fraction of sp³-hybridized carbons (Fsp3) is 0.0820. The number of benzene rings is 8. The van der Waals surface area contributed by atoms with Crippen LogP contribution in [-0.2, 0) is 5.41 Å². The predicted molar refractivity (Wildman–Crippen MR) is 276 cm³/mol. The lowest BCUT2D eigenvalue weighted by Crippen LogP contribution is -2.32. The smallest absolute Gasteiger partial charge is 0.227 e. The molecule has 1 aliphatic carbocycles. The lowest BCUT2D eigenvalue weighted by Gasteiger charge is -2.43. The quantitative estimate of drug-likeness (QED) is 0.159.